The molecule has 5 nitrogen and oxygen atoms in total. The Bertz CT molecular complexity index is 661. The molecule has 0 bridgehead atoms. The first-order valence-corrected chi connectivity index (χ1v) is 11.6. The van der Waals surface area contributed by atoms with Crippen LogP contribution in [-0.2, 0) is 4.79 Å². The number of hydrogen-bond donors (Lipinski definition) is 1. The van der Waals surface area contributed by atoms with Crippen LogP contribution in [0.4, 0.5) is 0 Å². The minimum atomic E-state index is 0.0641. The fourth-order valence-electron chi connectivity index (χ4n) is 4.03. The zero-order valence-electron chi connectivity index (χ0n) is 17.0. The van der Waals surface area contributed by atoms with E-state index in [0.29, 0.717) is 11.7 Å². The Kier molecular flexibility index (Phi) is 8.22. The number of nitrogens with zero attached hydrogens (tertiary/aromatic N) is 2. The number of carbonyl (C=O) groups excluding carboxylic acids is 2. The van der Waals surface area contributed by atoms with Crippen molar-refractivity contribution in [1.29, 1.82) is 0 Å². The third kappa shape index (κ3) is 6.24. The van der Waals surface area contributed by atoms with E-state index in [1.807, 2.05) is 29.2 Å². The first-order chi connectivity index (χ1) is 13.6. The highest BCUT2D eigenvalue weighted by Crippen LogP contribution is 2.25. The van der Waals surface area contributed by atoms with Crippen LogP contribution in [0.15, 0.2) is 29.2 Å². The van der Waals surface area contributed by atoms with Gasteiger partial charge in [-0.25, -0.2) is 0 Å². The summed E-state index contributed by atoms with van der Waals surface area (Å²) in [4.78, 5) is 30.5. The Morgan fingerprint density at radius 2 is 1.82 bits per heavy atom. The smallest absolute Gasteiger partial charge is 0.255 e. The molecule has 2 fully saturated rings. The van der Waals surface area contributed by atoms with Gasteiger partial charge in [-0.3, -0.25) is 9.59 Å². The van der Waals surface area contributed by atoms with Gasteiger partial charge in [-0.05, 0) is 50.9 Å². The lowest BCUT2D eigenvalue weighted by Crippen LogP contribution is -2.35. The summed E-state index contributed by atoms with van der Waals surface area (Å²) in [6, 6.07) is 7.69. The average Bonchev–Trinajstić information content (AvgIpc) is 2.95. The number of rotatable bonds is 6. The molecular weight excluding hydrogens is 370 g/mol. The molecule has 154 valence electrons. The summed E-state index contributed by atoms with van der Waals surface area (Å²) in [7, 11) is 2.10. The van der Waals surface area contributed by atoms with Gasteiger partial charge < -0.3 is 15.1 Å². The van der Waals surface area contributed by atoms with Gasteiger partial charge in [-0.2, -0.15) is 0 Å². The Morgan fingerprint density at radius 1 is 1.04 bits per heavy atom. The second-order valence-electron chi connectivity index (χ2n) is 8.04. The van der Waals surface area contributed by atoms with Gasteiger partial charge in [0.2, 0.25) is 5.91 Å². The van der Waals surface area contributed by atoms with Gasteiger partial charge in [0.15, 0.2) is 0 Å². The van der Waals surface area contributed by atoms with Crippen molar-refractivity contribution in [3.05, 3.63) is 29.8 Å². The number of likely N-dealkylation sites (N-methyl/N-ethyl adjacent to an activating group) is 1. The van der Waals surface area contributed by atoms with Gasteiger partial charge in [0.05, 0.1) is 11.3 Å². The molecule has 1 heterocycles. The largest absolute Gasteiger partial charge is 0.355 e. The molecule has 28 heavy (non-hydrogen) atoms. The minimum Gasteiger partial charge on any atom is -0.355 e. The summed E-state index contributed by atoms with van der Waals surface area (Å²) in [5, 5.41) is 3.09. The highest BCUT2D eigenvalue weighted by Gasteiger charge is 2.21. The fourth-order valence-corrected chi connectivity index (χ4v) is 4.91. The average molecular weight is 404 g/mol. The second kappa shape index (κ2) is 10.9. The van der Waals surface area contributed by atoms with Crippen molar-refractivity contribution in [3.63, 3.8) is 0 Å². The molecule has 0 aromatic heterocycles. The highest BCUT2D eigenvalue weighted by molar-refractivity contribution is 8.00. The maximum Gasteiger partial charge on any atom is 0.255 e. The molecule has 1 aliphatic heterocycles. The molecular formula is C22H33N3O2S. The molecule has 0 radical (unpaired) electrons. The summed E-state index contributed by atoms with van der Waals surface area (Å²) in [6.07, 6.45) is 7.37. The van der Waals surface area contributed by atoms with Crippen LogP contribution in [-0.4, -0.2) is 67.1 Å². The van der Waals surface area contributed by atoms with Gasteiger partial charge in [0.25, 0.3) is 5.91 Å². The first-order valence-electron chi connectivity index (χ1n) is 10.6. The van der Waals surface area contributed by atoms with E-state index in [1.165, 1.54) is 43.9 Å². The number of nitrogens with one attached hydrogen (secondary N) is 1. The lowest BCUT2D eigenvalue weighted by molar-refractivity contribution is -0.118. The van der Waals surface area contributed by atoms with Crippen LogP contribution in [0.1, 0.15) is 48.9 Å². The van der Waals surface area contributed by atoms with Crippen molar-refractivity contribution in [2.75, 3.05) is 45.5 Å². The number of amides is 2. The highest BCUT2D eigenvalue weighted by atomic mass is 32.2. The molecule has 2 amide bonds. The molecule has 1 saturated heterocycles. The van der Waals surface area contributed by atoms with Gasteiger partial charge in [0.1, 0.15) is 0 Å². The van der Waals surface area contributed by atoms with E-state index in [4.69, 9.17) is 0 Å². The van der Waals surface area contributed by atoms with Crippen LogP contribution in [0.5, 0.6) is 0 Å². The Labute approximate surface area is 173 Å². The van der Waals surface area contributed by atoms with Crippen molar-refractivity contribution >= 4 is 23.6 Å². The van der Waals surface area contributed by atoms with E-state index >= 15 is 0 Å². The Morgan fingerprint density at radius 3 is 2.64 bits per heavy atom. The SMILES string of the molecule is CN1CCCN(C(=O)c2ccccc2SCC(=O)NCC2CCCCC2)CC1. The predicted molar refractivity (Wildman–Crippen MR) is 115 cm³/mol. The zero-order valence-corrected chi connectivity index (χ0v) is 17.8. The lowest BCUT2D eigenvalue weighted by Gasteiger charge is -2.22. The van der Waals surface area contributed by atoms with Crippen molar-refractivity contribution in [1.82, 2.24) is 15.1 Å². The molecule has 1 saturated carbocycles. The summed E-state index contributed by atoms with van der Waals surface area (Å²) >= 11 is 1.47. The number of carbonyl (C=O) groups is 2. The van der Waals surface area contributed by atoms with Crippen LogP contribution in [0.25, 0.3) is 0 Å². The van der Waals surface area contributed by atoms with E-state index in [-0.39, 0.29) is 11.8 Å². The van der Waals surface area contributed by atoms with Crippen LogP contribution in [0, 0.1) is 5.92 Å². The first kappa shape index (κ1) is 21.2. The maximum absolute atomic E-state index is 13.1. The summed E-state index contributed by atoms with van der Waals surface area (Å²) in [5.74, 6) is 1.15. The fraction of sp³-hybridized carbons (Fsp3) is 0.636. The quantitative estimate of drug-likeness (QED) is 0.741. The standard InChI is InChI=1S/C22H33N3O2S/c1-24-12-7-13-25(15-14-24)22(27)19-10-5-6-11-20(19)28-17-21(26)23-16-18-8-3-2-4-9-18/h5-6,10-11,18H,2-4,7-9,12-17H2,1H3,(H,23,26). The normalized spacial score (nSPS) is 19.2. The van der Waals surface area contributed by atoms with Crippen molar-refractivity contribution < 1.29 is 9.59 Å². The molecule has 1 aromatic rings. The van der Waals surface area contributed by atoms with E-state index < -0.39 is 0 Å². The number of thioether (sulfide) groups is 1. The van der Waals surface area contributed by atoms with Crippen LogP contribution >= 0.6 is 11.8 Å². The maximum atomic E-state index is 13.1. The van der Waals surface area contributed by atoms with E-state index in [0.717, 1.165) is 49.6 Å². The van der Waals surface area contributed by atoms with Crippen molar-refractivity contribution in [3.8, 4) is 0 Å². The molecule has 0 atom stereocenters. The van der Waals surface area contributed by atoms with Gasteiger partial charge in [0, 0.05) is 31.1 Å². The topological polar surface area (TPSA) is 52.7 Å². The number of hydrogen-bond acceptors (Lipinski definition) is 4. The van der Waals surface area contributed by atoms with Crippen LogP contribution in [0.2, 0.25) is 0 Å². The summed E-state index contributed by atoms with van der Waals surface area (Å²) in [6.45, 7) is 4.29. The predicted octanol–water partition coefficient (Wildman–Crippen LogP) is 3.25. The van der Waals surface area contributed by atoms with Gasteiger partial charge in [-0.1, -0.05) is 31.4 Å². The molecule has 1 N–H and O–H groups in total. The molecule has 1 aliphatic carbocycles. The molecule has 1 aromatic carbocycles. The van der Waals surface area contributed by atoms with Crippen molar-refractivity contribution in [2.45, 2.75) is 43.4 Å². The second-order valence-corrected chi connectivity index (χ2v) is 9.06. The molecule has 3 rings (SSSR count). The monoisotopic (exact) mass is 403 g/mol. The van der Waals surface area contributed by atoms with E-state index in [1.54, 1.807) is 0 Å². The Balaban J connectivity index is 1.53. The van der Waals surface area contributed by atoms with Gasteiger partial charge >= 0.3 is 0 Å². The number of benzene rings is 1. The van der Waals surface area contributed by atoms with Crippen LogP contribution < -0.4 is 5.32 Å². The third-order valence-corrected chi connectivity index (χ3v) is 6.87. The van der Waals surface area contributed by atoms with E-state index in [9.17, 15) is 9.59 Å². The molecule has 6 heteroatoms. The summed E-state index contributed by atoms with van der Waals surface area (Å²) < 4.78 is 0. The molecule has 0 unspecified atom stereocenters. The lowest BCUT2D eigenvalue weighted by atomic mass is 9.89. The molecule has 0 spiro atoms. The van der Waals surface area contributed by atoms with Gasteiger partial charge in [-0.15, -0.1) is 11.8 Å². The van der Waals surface area contributed by atoms with Crippen molar-refractivity contribution in [2.24, 2.45) is 5.92 Å². The zero-order chi connectivity index (χ0) is 19.8. The minimum absolute atomic E-state index is 0.0641. The third-order valence-electron chi connectivity index (χ3n) is 5.80. The molecule has 2 aliphatic rings. The van der Waals surface area contributed by atoms with E-state index in [2.05, 4.69) is 17.3 Å². The van der Waals surface area contributed by atoms with Crippen LogP contribution in [0.3, 0.4) is 0 Å². The Hall–Kier alpha value is -1.53. The summed E-state index contributed by atoms with van der Waals surface area (Å²) in [5.41, 5.74) is 0.720.